The third kappa shape index (κ3) is 1.03. The molecule has 0 saturated carbocycles. The molecule has 0 radical (unpaired) electrons. The van der Waals surface area contributed by atoms with Crippen LogP contribution in [0.1, 0.15) is 18.2 Å². The fourth-order valence-electron chi connectivity index (χ4n) is 0.937. The lowest BCUT2D eigenvalue weighted by Crippen LogP contribution is -1.86. The van der Waals surface area contributed by atoms with Gasteiger partial charge in [-0.1, -0.05) is 6.92 Å². The summed E-state index contributed by atoms with van der Waals surface area (Å²) < 4.78 is 1.85. The molecular weight excluding hydrogens is 124 g/mol. The van der Waals surface area contributed by atoms with E-state index in [0.29, 0.717) is 0 Å². The van der Waals surface area contributed by atoms with Crippen molar-refractivity contribution in [2.75, 3.05) is 0 Å². The zero-order valence-electron chi connectivity index (χ0n) is 6.26. The van der Waals surface area contributed by atoms with Crippen molar-refractivity contribution in [1.82, 2.24) is 4.57 Å². The first-order chi connectivity index (χ1) is 4.77. The Morgan fingerprint density at radius 3 is 2.70 bits per heavy atom. The van der Waals surface area contributed by atoms with Gasteiger partial charge in [0.15, 0.2) is 0 Å². The topological polar surface area (TPSA) is 28.7 Å². The van der Waals surface area contributed by atoms with Gasteiger partial charge in [0.25, 0.3) is 0 Å². The summed E-state index contributed by atoms with van der Waals surface area (Å²) in [6.07, 6.45) is 2.98. The number of hydrogen-bond donors (Lipinski definition) is 0. The van der Waals surface area contributed by atoms with Gasteiger partial charge in [-0.25, -0.2) is 0 Å². The van der Waals surface area contributed by atoms with E-state index in [1.54, 1.807) is 0 Å². The van der Waals surface area contributed by atoms with E-state index in [2.05, 4.69) is 13.0 Å². The van der Waals surface area contributed by atoms with E-state index in [4.69, 9.17) is 5.26 Å². The Balaban J connectivity index is 3.07. The Hall–Kier alpha value is -1.23. The van der Waals surface area contributed by atoms with E-state index in [1.165, 1.54) is 5.56 Å². The van der Waals surface area contributed by atoms with E-state index in [9.17, 15) is 0 Å². The van der Waals surface area contributed by atoms with Crippen molar-refractivity contribution in [2.24, 2.45) is 7.05 Å². The number of aryl methyl sites for hydroxylation is 2. The van der Waals surface area contributed by atoms with E-state index >= 15 is 0 Å². The molecule has 2 heteroatoms. The fraction of sp³-hybridized carbons (Fsp3) is 0.375. The maximum atomic E-state index is 8.56. The highest BCUT2D eigenvalue weighted by molar-refractivity contribution is 5.28. The van der Waals surface area contributed by atoms with Crippen LogP contribution in [0.2, 0.25) is 0 Å². The van der Waals surface area contributed by atoms with Gasteiger partial charge in [-0.15, -0.1) is 0 Å². The van der Waals surface area contributed by atoms with Crippen LogP contribution in [0, 0.1) is 11.3 Å². The van der Waals surface area contributed by atoms with E-state index in [0.717, 1.165) is 12.1 Å². The lowest BCUT2D eigenvalue weighted by atomic mass is 10.2. The smallest absolute Gasteiger partial charge is 0.120 e. The van der Waals surface area contributed by atoms with Crippen LogP contribution in [0.5, 0.6) is 0 Å². The van der Waals surface area contributed by atoms with Crippen molar-refractivity contribution >= 4 is 0 Å². The van der Waals surface area contributed by atoms with Gasteiger partial charge < -0.3 is 4.57 Å². The Bertz CT molecular complexity index is 265. The summed E-state index contributed by atoms with van der Waals surface area (Å²) >= 11 is 0. The molecule has 52 valence electrons. The van der Waals surface area contributed by atoms with Gasteiger partial charge in [0.05, 0.1) is 0 Å². The summed E-state index contributed by atoms with van der Waals surface area (Å²) in [5.41, 5.74) is 1.95. The number of nitriles is 1. The molecule has 0 amide bonds. The molecule has 1 rings (SSSR count). The third-order valence-corrected chi connectivity index (χ3v) is 1.58. The van der Waals surface area contributed by atoms with Crippen molar-refractivity contribution < 1.29 is 0 Å². The molecule has 1 aromatic rings. The quantitative estimate of drug-likeness (QED) is 0.571. The van der Waals surface area contributed by atoms with Crippen LogP contribution < -0.4 is 0 Å². The van der Waals surface area contributed by atoms with Gasteiger partial charge in [0, 0.05) is 13.2 Å². The molecule has 1 heterocycles. The molecule has 0 saturated heterocycles. The molecule has 1 aromatic heterocycles. The Morgan fingerprint density at radius 1 is 1.70 bits per heavy atom. The van der Waals surface area contributed by atoms with E-state index in [1.807, 2.05) is 23.9 Å². The SMILES string of the molecule is CCc1cc(C#N)n(C)c1. The zero-order valence-corrected chi connectivity index (χ0v) is 6.26. The molecule has 10 heavy (non-hydrogen) atoms. The first kappa shape index (κ1) is 6.88. The summed E-state index contributed by atoms with van der Waals surface area (Å²) in [7, 11) is 1.89. The number of rotatable bonds is 1. The van der Waals surface area contributed by atoms with Crippen molar-refractivity contribution in [1.29, 1.82) is 5.26 Å². The molecule has 0 aliphatic rings. The first-order valence-corrected chi connectivity index (χ1v) is 3.33. The second kappa shape index (κ2) is 2.57. The van der Waals surface area contributed by atoms with Crippen molar-refractivity contribution in [3.63, 3.8) is 0 Å². The van der Waals surface area contributed by atoms with Crippen LogP contribution in [0.25, 0.3) is 0 Å². The lowest BCUT2D eigenvalue weighted by molar-refractivity contribution is 0.902. The molecule has 0 aliphatic heterocycles. The van der Waals surface area contributed by atoms with Crippen molar-refractivity contribution in [3.05, 3.63) is 23.5 Å². The van der Waals surface area contributed by atoms with Crippen LogP contribution in [-0.2, 0) is 13.5 Å². The van der Waals surface area contributed by atoms with Crippen molar-refractivity contribution in [2.45, 2.75) is 13.3 Å². The van der Waals surface area contributed by atoms with Gasteiger partial charge in [0.1, 0.15) is 11.8 Å². The third-order valence-electron chi connectivity index (χ3n) is 1.58. The van der Waals surface area contributed by atoms with Crippen LogP contribution in [0.3, 0.4) is 0 Å². The predicted octanol–water partition coefficient (Wildman–Crippen LogP) is 1.46. The summed E-state index contributed by atoms with van der Waals surface area (Å²) in [5.74, 6) is 0. The number of nitrogens with zero attached hydrogens (tertiary/aromatic N) is 2. The monoisotopic (exact) mass is 134 g/mol. The summed E-state index contributed by atoms with van der Waals surface area (Å²) in [6, 6.07) is 4.03. The minimum Gasteiger partial charge on any atom is -0.342 e. The van der Waals surface area contributed by atoms with Gasteiger partial charge in [-0.3, -0.25) is 0 Å². The second-order valence-electron chi connectivity index (χ2n) is 2.31. The molecule has 0 unspecified atom stereocenters. The second-order valence-corrected chi connectivity index (χ2v) is 2.31. The molecule has 0 spiro atoms. The number of aromatic nitrogens is 1. The summed E-state index contributed by atoms with van der Waals surface area (Å²) in [5, 5.41) is 8.56. The minimum absolute atomic E-state index is 0.733. The average molecular weight is 134 g/mol. The van der Waals surface area contributed by atoms with Gasteiger partial charge in [-0.2, -0.15) is 5.26 Å². The maximum Gasteiger partial charge on any atom is 0.120 e. The Kier molecular flexibility index (Phi) is 1.77. The highest BCUT2D eigenvalue weighted by Gasteiger charge is 1.98. The molecule has 0 aliphatic carbocycles. The molecular formula is C8H10N2. The minimum atomic E-state index is 0.733. The summed E-state index contributed by atoms with van der Waals surface area (Å²) in [4.78, 5) is 0. The molecule has 2 nitrogen and oxygen atoms in total. The number of hydrogen-bond acceptors (Lipinski definition) is 1. The molecule has 0 atom stereocenters. The van der Waals surface area contributed by atoms with Crippen LogP contribution in [-0.4, -0.2) is 4.57 Å². The predicted molar refractivity (Wildman–Crippen MR) is 39.5 cm³/mol. The zero-order chi connectivity index (χ0) is 7.56. The van der Waals surface area contributed by atoms with Crippen LogP contribution in [0.4, 0.5) is 0 Å². The molecule has 0 aromatic carbocycles. The highest BCUT2D eigenvalue weighted by Crippen LogP contribution is 2.05. The molecule has 0 N–H and O–H groups in total. The average Bonchev–Trinajstić information content (AvgIpc) is 2.30. The van der Waals surface area contributed by atoms with E-state index in [-0.39, 0.29) is 0 Å². The summed E-state index contributed by atoms with van der Waals surface area (Å²) in [6.45, 7) is 2.08. The van der Waals surface area contributed by atoms with Gasteiger partial charge in [0.2, 0.25) is 0 Å². The standard InChI is InChI=1S/C8H10N2/c1-3-7-4-8(5-9)10(2)6-7/h4,6H,3H2,1-2H3. The van der Waals surface area contributed by atoms with Crippen molar-refractivity contribution in [3.8, 4) is 6.07 Å². The van der Waals surface area contributed by atoms with Crippen LogP contribution >= 0.6 is 0 Å². The normalized spacial score (nSPS) is 9.30. The van der Waals surface area contributed by atoms with Gasteiger partial charge in [-0.05, 0) is 18.1 Å². The first-order valence-electron chi connectivity index (χ1n) is 3.33. The Labute approximate surface area is 60.7 Å². The lowest BCUT2D eigenvalue weighted by Gasteiger charge is -1.87. The van der Waals surface area contributed by atoms with Crippen LogP contribution in [0.15, 0.2) is 12.3 Å². The largest absolute Gasteiger partial charge is 0.342 e. The van der Waals surface area contributed by atoms with E-state index < -0.39 is 0 Å². The van der Waals surface area contributed by atoms with Gasteiger partial charge >= 0.3 is 0 Å². The molecule has 0 fully saturated rings. The Morgan fingerprint density at radius 2 is 2.40 bits per heavy atom. The fourth-order valence-corrected chi connectivity index (χ4v) is 0.937. The molecule has 0 bridgehead atoms. The maximum absolute atomic E-state index is 8.56. The highest BCUT2D eigenvalue weighted by atomic mass is 14.9.